The van der Waals surface area contributed by atoms with Crippen molar-refractivity contribution < 1.29 is 14.3 Å². The number of rotatable bonds is 6. The van der Waals surface area contributed by atoms with Gasteiger partial charge in [-0.1, -0.05) is 13.3 Å². The molecule has 0 bridgehead atoms. The predicted molar refractivity (Wildman–Crippen MR) is 63.6 cm³/mol. The predicted octanol–water partition coefficient (Wildman–Crippen LogP) is 2.24. The zero-order chi connectivity index (χ0) is 12.7. The van der Waals surface area contributed by atoms with Gasteiger partial charge in [-0.2, -0.15) is 0 Å². The van der Waals surface area contributed by atoms with Crippen molar-refractivity contribution in [3.63, 3.8) is 0 Å². The Morgan fingerprint density at radius 3 is 2.71 bits per heavy atom. The van der Waals surface area contributed by atoms with E-state index in [2.05, 4.69) is 4.98 Å². The lowest BCUT2D eigenvalue weighted by atomic mass is 9.94. The highest BCUT2D eigenvalue weighted by molar-refractivity contribution is 6.08. The van der Waals surface area contributed by atoms with Crippen LogP contribution in [0.15, 0.2) is 24.5 Å². The molecule has 0 radical (unpaired) electrons. The number of hydrogen-bond donors (Lipinski definition) is 0. The summed E-state index contributed by atoms with van der Waals surface area (Å²) < 4.78 is 4.92. The van der Waals surface area contributed by atoms with Crippen molar-refractivity contribution in [2.75, 3.05) is 6.61 Å². The van der Waals surface area contributed by atoms with E-state index in [1.54, 1.807) is 25.3 Å². The number of esters is 1. The van der Waals surface area contributed by atoms with E-state index in [-0.39, 0.29) is 5.78 Å². The number of aromatic nitrogens is 1. The fourth-order valence-corrected chi connectivity index (χ4v) is 1.60. The third-order valence-corrected chi connectivity index (χ3v) is 2.41. The number of ketones is 1. The molecule has 0 saturated carbocycles. The van der Waals surface area contributed by atoms with Crippen molar-refractivity contribution in [2.24, 2.45) is 5.92 Å². The zero-order valence-corrected chi connectivity index (χ0v) is 10.2. The Balaban J connectivity index is 2.84. The summed E-state index contributed by atoms with van der Waals surface area (Å²) in [4.78, 5) is 27.7. The standard InChI is InChI=1S/C13H17NO3/c1-3-6-11(13(16)17-4-2)12(15)10-7-5-8-14-9-10/h5,7-9,11H,3-4,6H2,1-2H3. The van der Waals surface area contributed by atoms with E-state index in [4.69, 9.17) is 4.74 Å². The van der Waals surface area contributed by atoms with E-state index in [0.29, 0.717) is 18.6 Å². The van der Waals surface area contributed by atoms with Crippen LogP contribution in [0.25, 0.3) is 0 Å². The van der Waals surface area contributed by atoms with Crippen molar-refractivity contribution in [2.45, 2.75) is 26.7 Å². The minimum Gasteiger partial charge on any atom is -0.465 e. The lowest BCUT2D eigenvalue weighted by molar-refractivity contribution is -0.146. The summed E-state index contributed by atoms with van der Waals surface area (Å²) in [6.07, 6.45) is 4.34. The third-order valence-electron chi connectivity index (χ3n) is 2.41. The van der Waals surface area contributed by atoms with Gasteiger partial charge in [0.25, 0.3) is 0 Å². The summed E-state index contributed by atoms with van der Waals surface area (Å²) >= 11 is 0. The normalized spacial score (nSPS) is 11.9. The van der Waals surface area contributed by atoms with E-state index < -0.39 is 11.9 Å². The van der Waals surface area contributed by atoms with Gasteiger partial charge in [-0.05, 0) is 25.5 Å². The van der Waals surface area contributed by atoms with Crippen molar-refractivity contribution >= 4 is 11.8 Å². The van der Waals surface area contributed by atoms with Gasteiger partial charge in [0.05, 0.1) is 6.61 Å². The molecule has 17 heavy (non-hydrogen) atoms. The van der Waals surface area contributed by atoms with Gasteiger partial charge in [-0.15, -0.1) is 0 Å². The average molecular weight is 235 g/mol. The Kier molecular flexibility index (Phi) is 5.33. The zero-order valence-electron chi connectivity index (χ0n) is 10.2. The van der Waals surface area contributed by atoms with Crippen molar-refractivity contribution in [1.82, 2.24) is 4.98 Å². The number of carbonyl (C=O) groups excluding carboxylic acids is 2. The van der Waals surface area contributed by atoms with Crippen LogP contribution < -0.4 is 0 Å². The van der Waals surface area contributed by atoms with Gasteiger partial charge >= 0.3 is 5.97 Å². The van der Waals surface area contributed by atoms with Gasteiger partial charge in [0, 0.05) is 18.0 Å². The van der Waals surface area contributed by atoms with E-state index >= 15 is 0 Å². The number of hydrogen-bond acceptors (Lipinski definition) is 4. The Bertz CT molecular complexity index is 376. The van der Waals surface area contributed by atoms with Crippen LogP contribution in [0.2, 0.25) is 0 Å². The Morgan fingerprint density at radius 1 is 1.41 bits per heavy atom. The lowest BCUT2D eigenvalue weighted by Crippen LogP contribution is -2.26. The second-order valence-corrected chi connectivity index (χ2v) is 3.70. The highest BCUT2D eigenvalue weighted by atomic mass is 16.5. The van der Waals surface area contributed by atoms with Crippen LogP contribution in [-0.4, -0.2) is 23.3 Å². The Labute approximate surface area is 101 Å². The van der Waals surface area contributed by atoms with Gasteiger partial charge in [-0.3, -0.25) is 14.6 Å². The summed E-state index contributed by atoms with van der Waals surface area (Å²) in [5, 5.41) is 0. The number of carbonyl (C=O) groups is 2. The lowest BCUT2D eigenvalue weighted by Gasteiger charge is -2.13. The molecule has 0 amide bonds. The molecule has 0 spiro atoms. The first-order chi connectivity index (χ1) is 8.20. The fraction of sp³-hybridized carbons (Fsp3) is 0.462. The molecule has 0 saturated heterocycles. The highest BCUT2D eigenvalue weighted by Crippen LogP contribution is 2.15. The van der Waals surface area contributed by atoms with Crippen LogP contribution in [0, 0.1) is 5.92 Å². The molecule has 92 valence electrons. The van der Waals surface area contributed by atoms with Crippen LogP contribution in [0.5, 0.6) is 0 Å². The minimum absolute atomic E-state index is 0.210. The van der Waals surface area contributed by atoms with Crippen molar-refractivity contribution in [3.8, 4) is 0 Å². The smallest absolute Gasteiger partial charge is 0.316 e. The van der Waals surface area contributed by atoms with Crippen LogP contribution in [0.4, 0.5) is 0 Å². The maximum atomic E-state index is 12.1. The summed E-state index contributed by atoms with van der Waals surface area (Å²) in [5.74, 6) is -1.36. The molecule has 0 N–H and O–H groups in total. The molecule has 0 aliphatic heterocycles. The van der Waals surface area contributed by atoms with Crippen molar-refractivity contribution in [1.29, 1.82) is 0 Å². The molecule has 0 aliphatic carbocycles. The monoisotopic (exact) mass is 235 g/mol. The molecule has 4 nitrogen and oxygen atoms in total. The first-order valence-corrected chi connectivity index (χ1v) is 5.81. The molecule has 0 aromatic carbocycles. The van der Waals surface area contributed by atoms with Gasteiger partial charge < -0.3 is 4.74 Å². The summed E-state index contributed by atoms with van der Waals surface area (Å²) in [7, 11) is 0. The van der Waals surface area contributed by atoms with E-state index in [1.165, 1.54) is 6.20 Å². The second-order valence-electron chi connectivity index (χ2n) is 3.70. The van der Waals surface area contributed by atoms with Crippen LogP contribution in [-0.2, 0) is 9.53 Å². The SMILES string of the molecule is CCCC(C(=O)OCC)C(=O)c1cccnc1. The van der Waals surface area contributed by atoms with Crippen LogP contribution in [0.3, 0.4) is 0 Å². The Morgan fingerprint density at radius 2 is 2.18 bits per heavy atom. The second kappa shape index (κ2) is 6.78. The number of pyridine rings is 1. The summed E-state index contributed by atoms with van der Waals surface area (Å²) in [6, 6.07) is 3.35. The molecule has 0 fully saturated rings. The summed E-state index contributed by atoms with van der Waals surface area (Å²) in [6.45, 7) is 3.96. The number of Topliss-reactive ketones (excluding diaryl/α,β-unsaturated/α-hetero) is 1. The fourth-order valence-electron chi connectivity index (χ4n) is 1.60. The first-order valence-electron chi connectivity index (χ1n) is 5.81. The van der Waals surface area contributed by atoms with Gasteiger partial charge in [0.2, 0.25) is 0 Å². The summed E-state index contributed by atoms with van der Waals surface area (Å²) in [5.41, 5.74) is 0.457. The molecule has 1 aromatic heterocycles. The quantitative estimate of drug-likeness (QED) is 0.431. The minimum atomic E-state index is -0.704. The van der Waals surface area contributed by atoms with Crippen LogP contribution >= 0.6 is 0 Å². The van der Waals surface area contributed by atoms with Crippen LogP contribution in [0.1, 0.15) is 37.0 Å². The van der Waals surface area contributed by atoms with E-state index in [0.717, 1.165) is 6.42 Å². The Hall–Kier alpha value is -1.71. The molecule has 1 rings (SSSR count). The maximum Gasteiger partial charge on any atom is 0.316 e. The maximum absolute atomic E-state index is 12.1. The van der Waals surface area contributed by atoms with Gasteiger partial charge in [0.15, 0.2) is 5.78 Å². The molecule has 1 unspecified atom stereocenters. The molecule has 1 aromatic rings. The van der Waals surface area contributed by atoms with Crippen molar-refractivity contribution in [3.05, 3.63) is 30.1 Å². The highest BCUT2D eigenvalue weighted by Gasteiger charge is 2.27. The first kappa shape index (κ1) is 13.4. The molecular weight excluding hydrogens is 218 g/mol. The number of ether oxygens (including phenoxy) is 1. The van der Waals surface area contributed by atoms with Gasteiger partial charge in [-0.25, -0.2) is 0 Å². The molecule has 0 aliphatic rings. The molecule has 4 heteroatoms. The third kappa shape index (κ3) is 3.66. The van der Waals surface area contributed by atoms with E-state index in [9.17, 15) is 9.59 Å². The molecular formula is C13H17NO3. The average Bonchev–Trinajstić information content (AvgIpc) is 2.36. The molecule has 1 atom stereocenters. The van der Waals surface area contributed by atoms with Gasteiger partial charge in [0.1, 0.15) is 5.92 Å². The van der Waals surface area contributed by atoms with E-state index in [1.807, 2.05) is 6.92 Å². The number of nitrogens with zero attached hydrogens (tertiary/aromatic N) is 1. The largest absolute Gasteiger partial charge is 0.465 e. The molecule has 1 heterocycles. The topological polar surface area (TPSA) is 56.3 Å².